The van der Waals surface area contributed by atoms with Crippen molar-refractivity contribution in [3.05, 3.63) is 29.8 Å². The first-order valence-corrected chi connectivity index (χ1v) is 9.66. The first-order valence-electron chi connectivity index (χ1n) is 9.66. The number of ether oxygens (including phenoxy) is 1. The van der Waals surface area contributed by atoms with Gasteiger partial charge in [0.2, 0.25) is 5.91 Å². The van der Waals surface area contributed by atoms with Gasteiger partial charge in [-0.05, 0) is 50.8 Å². The average molecular weight is 359 g/mol. The summed E-state index contributed by atoms with van der Waals surface area (Å²) >= 11 is 0. The lowest BCUT2D eigenvalue weighted by molar-refractivity contribution is -0.117. The number of rotatable bonds is 5. The molecule has 1 N–H and O–H groups in total. The number of amides is 3. The number of benzene rings is 1. The normalized spacial score (nSPS) is 21.8. The summed E-state index contributed by atoms with van der Waals surface area (Å²) in [5.41, 5.74) is 1.93. The van der Waals surface area contributed by atoms with Gasteiger partial charge in [0.1, 0.15) is 0 Å². The second kappa shape index (κ2) is 8.54. The van der Waals surface area contributed by atoms with Crippen molar-refractivity contribution >= 4 is 17.6 Å². The van der Waals surface area contributed by atoms with Gasteiger partial charge in [0.05, 0.1) is 12.1 Å². The maximum Gasteiger partial charge on any atom is 0.317 e. The largest absolute Gasteiger partial charge is 0.377 e. The summed E-state index contributed by atoms with van der Waals surface area (Å²) in [6.07, 6.45) is 3.65. The van der Waals surface area contributed by atoms with Gasteiger partial charge >= 0.3 is 6.03 Å². The van der Waals surface area contributed by atoms with Gasteiger partial charge < -0.3 is 19.9 Å². The zero-order valence-corrected chi connectivity index (χ0v) is 15.7. The van der Waals surface area contributed by atoms with Crippen molar-refractivity contribution in [1.82, 2.24) is 10.2 Å². The van der Waals surface area contributed by atoms with Crippen LogP contribution in [0.4, 0.5) is 10.5 Å². The van der Waals surface area contributed by atoms with Gasteiger partial charge in [-0.1, -0.05) is 12.1 Å². The molecular formula is C20H29N3O3. The minimum atomic E-state index is -0.118. The Bertz CT molecular complexity index is 647. The molecule has 1 aromatic carbocycles. The molecule has 2 atom stereocenters. The van der Waals surface area contributed by atoms with E-state index in [9.17, 15) is 9.59 Å². The zero-order valence-electron chi connectivity index (χ0n) is 15.7. The number of nitrogens with one attached hydrogen (secondary N) is 1. The van der Waals surface area contributed by atoms with Gasteiger partial charge in [-0.25, -0.2) is 4.79 Å². The molecule has 3 amide bonds. The molecular weight excluding hydrogens is 330 g/mol. The van der Waals surface area contributed by atoms with Crippen LogP contribution in [0.25, 0.3) is 0 Å². The van der Waals surface area contributed by atoms with Crippen LogP contribution in [0.2, 0.25) is 0 Å². The molecule has 2 saturated heterocycles. The smallest absolute Gasteiger partial charge is 0.317 e. The minimum absolute atomic E-state index is 0.0513. The maximum atomic E-state index is 12.6. The maximum absolute atomic E-state index is 12.6. The summed E-state index contributed by atoms with van der Waals surface area (Å²) in [5, 5.41) is 3.09. The number of carbonyl (C=O) groups excluding carboxylic acids is 2. The zero-order chi connectivity index (χ0) is 18.5. The second-order valence-electron chi connectivity index (χ2n) is 7.08. The Balaban J connectivity index is 1.61. The number of piperidine rings is 1. The summed E-state index contributed by atoms with van der Waals surface area (Å²) in [7, 11) is 0. The van der Waals surface area contributed by atoms with Crippen molar-refractivity contribution in [2.24, 2.45) is 0 Å². The van der Waals surface area contributed by atoms with E-state index in [0.717, 1.165) is 43.6 Å². The molecule has 2 unspecified atom stereocenters. The van der Waals surface area contributed by atoms with Crippen LogP contribution in [-0.4, -0.2) is 49.2 Å². The van der Waals surface area contributed by atoms with E-state index in [0.29, 0.717) is 19.6 Å². The summed E-state index contributed by atoms with van der Waals surface area (Å²) in [6.45, 7) is 6.83. The van der Waals surface area contributed by atoms with Crippen LogP contribution in [0.5, 0.6) is 0 Å². The van der Waals surface area contributed by atoms with Gasteiger partial charge in [-0.2, -0.15) is 0 Å². The minimum Gasteiger partial charge on any atom is -0.377 e. The van der Waals surface area contributed by atoms with E-state index in [1.165, 1.54) is 0 Å². The monoisotopic (exact) mass is 359 g/mol. The van der Waals surface area contributed by atoms with Crippen LogP contribution < -0.4 is 10.2 Å². The molecule has 6 heteroatoms. The van der Waals surface area contributed by atoms with Crippen molar-refractivity contribution in [2.45, 2.75) is 51.7 Å². The molecule has 142 valence electrons. The molecule has 0 aromatic heterocycles. The standard InChI is InChI=1S/C20H29N3O3/c1-3-26-18-9-5-11-22(14-18)20(25)21-15(2)16-7-4-8-17(13-16)23-12-6-10-19(23)24/h4,7-8,13,15,18H,3,5-6,9-12,14H2,1-2H3,(H,21,25). The third kappa shape index (κ3) is 4.36. The molecule has 2 heterocycles. The Morgan fingerprint density at radius 2 is 2.19 bits per heavy atom. The Labute approximate surface area is 155 Å². The number of anilines is 1. The SMILES string of the molecule is CCOC1CCCN(C(=O)NC(C)c2cccc(N3CCCC3=O)c2)C1. The van der Waals surface area contributed by atoms with Crippen LogP contribution >= 0.6 is 0 Å². The summed E-state index contributed by atoms with van der Waals surface area (Å²) in [6, 6.07) is 7.74. The number of carbonyl (C=O) groups is 2. The summed E-state index contributed by atoms with van der Waals surface area (Å²) in [5.74, 6) is 0.175. The molecule has 2 aliphatic heterocycles. The molecule has 0 aliphatic carbocycles. The Morgan fingerprint density at radius 3 is 2.92 bits per heavy atom. The lowest BCUT2D eigenvalue weighted by Gasteiger charge is -2.33. The Hall–Kier alpha value is -2.08. The fraction of sp³-hybridized carbons (Fsp3) is 0.600. The number of hydrogen-bond acceptors (Lipinski definition) is 3. The van der Waals surface area contributed by atoms with Gasteiger partial charge in [0.25, 0.3) is 0 Å². The fourth-order valence-corrected chi connectivity index (χ4v) is 3.74. The highest BCUT2D eigenvalue weighted by Gasteiger charge is 2.25. The van der Waals surface area contributed by atoms with E-state index in [2.05, 4.69) is 5.32 Å². The lowest BCUT2D eigenvalue weighted by Crippen LogP contribution is -2.48. The van der Waals surface area contributed by atoms with Crippen LogP contribution in [0.15, 0.2) is 24.3 Å². The molecule has 3 rings (SSSR count). The van der Waals surface area contributed by atoms with Crippen LogP contribution in [-0.2, 0) is 9.53 Å². The lowest BCUT2D eigenvalue weighted by atomic mass is 10.1. The van der Waals surface area contributed by atoms with Gasteiger partial charge in [0, 0.05) is 38.3 Å². The topological polar surface area (TPSA) is 61.9 Å². The number of likely N-dealkylation sites (tertiary alicyclic amines) is 1. The highest BCUT2D eigenvalue weighted by atomic mass is 16.5. The molecule has 0 bridgehead atoms. The quantitative estimate of drug-likeness (QED) is 0.879. The van der Waals surface area contributed by atoms with Crippen LogP contribution in [0, 0.1) is 0 Å². The third-order valence-electron chi connectivity index (χ3n) is 5.16. The van der Waals surface area contributed by atoms with E-state index in [1.807, 2.05) is 47.9 Å². The molecule has 0 radical (unpaired) electrons. The van der Waals surface area contributed by atoms with E-state index < -0.39 is 0 Å². The van der Waals surface area contributed by atoms with E-state index in [1.54, 1.807) is 0 Å². The Morgan fingerprint density at radius 1 is 1.35 bits per heavy atom. The summed E-state index contributed by atoms with van der Waals surface area (Å²) in [4.78, 5) is 28.3. The highest BCUT2D eigenvalue weighted by Crippen LogP contribution is 2.25. The number of urea groups is 1. The third-order valence-corrected chi connectivity index (χ3v) is 5.16. The average Bonchev–Trinajstić information content (AvgIpc) is 3.08. The molecule has 0 spiro atoms. The number of hydrogen-bond donors (Lipinski definition) is 1. The Kier molecular flexibility index (Phi) is 6.14. The van der Waals surface area contributed by atoms with Gasteiger partial charge in [-0.3, -0.25) is 4.79 Å². The van der Waals surface area contributed by atoms with Crippen molar-refractivity contribution in [1.29, 1.82) is 0 Å². The van der Waals surface area contributed by atoms with E-state index >= 15 is 0 Å². The predicted molar refractivity (Wildman–Crippen MR) is 101 cm³/mol. The van der Waals surface area contributed by atoms with Gasteiger partial charge in [-0.15, -0.1) is 0 Å². The number of nitrogens with zero attached hydrogens (tertiary/aromatic N) is 2. The molecule has 6 nitrogen and oxygen atoms in total. The van der Waals surface area contributed by atoms with Gasteiger partial charge in [0.15, 0.2) is 0 Å². The summed E-state index contributed by atoms with van der Waals surface area (Å²) < 4.78 is 5.68. The van der Waals surface area contributed by atoms with Crippen LogP contribution in [0.1, 0.15) is 51.1 Å². The molecule has 26 heavy (non-hydrogen) atoms. The van der Waals surface area contributed by atoms with Crippen molar-refractivity contribution in [2.75, 3.05) is 31.1 Å². The molecule has 1 aromatic rings. The fourth-order valence-electron chi connectivity index (χ4n) is 3.74. The van der Waals surface area contributed by atoms with Crippen LogP contribution in [0.3, 0.4) is 0 Å². The molecule has 2 aliphatic rings. The highest BCUT2D eigenvalue weighted by molar-refractivity contribution is 5.95. The van der Waals surface area contributed by atoms with E-state index in [4.69, 9.17) is 4.74 Å². The van der Waals surface area contributed by atoms with Crippen molar-refractivity contribution < 1.29 is 14.3 Å². The second-order valence-corrected chi connectivity index (χ2v) is 7.08. The van der Waals surface area contributed by atoms with E-state index in [-0.39, 0.29) is 24.1 Å². The predicted octanol–water partition coefficient (Wildman–Crippen LogP) is 3.08. The molecule has 2 fully saturated rings. The van der Waals surface area contributed by atoms with Crippen molar-refractivity contribution in [3.63, 3.8) is 0 Å². The first kappa shape index (κ1) is 18.7. The molecule has 0 saturated carbocycles. The first-order chi connectivity index (χ1) is 12.6. The van der Waals surface area contributed by atoms with Crippen molar-refractivity contribution in [3.8, 4) is 0 Å².